The Morgan fingerprint density at radius 3 is 2.77 bits per heavy atom. The van der Waals surface area contributed by atoms with Gasteiger partial charge in [0.2, 0.25) is 0 Å². The Kier molecular flexibility index (Phi) is 5.58. The highest BCUT2D eigenvalue weighted by atomic mass is 16.3. The van der Waals surface area contributed by atoms with E-state index in [-0.39, 0.29) is 17.9 Å². The predicted octanol–water partition coefficient (Wildman–Crippen LogP) is 2.17. The van der Waals surface area contributed by atoms with E-state index in [4.69, 9.17) is 0 Å². The van der Waals surface area contributed by atoms with E-state index in [2.05, 4.69) is 18.7 Å². The molecule has 3 rings (SSSR count). The lowest BCUT2D eigenvalue weighted by molar-refractivity contribution is 0.0153. The van der Waals surface area contributed by atoms with Gasteiger partial charge >= 0.3 is 0 Å². The van der Waals surface area contributed by atoms with E-state index in [1.807, 2.05) is 48.2 Å². The van der Waals surface area contributed by atoms with E-state index >= 15 is 0 Å². The summed E-state index contributed by atoms with van der Waals surface area (Å²) in [5.74, 6) is 1.09. The standard InChI is InChI=1S/C21H33N3O2/c1-16(2)11-23-9-8-21(15-25)14-24(13-18(21)12-23)20(26)17-6-5-7-19(10-17)22(3)4/h5-7,10,16,18,25H,8-9,11-15H2,1-4H3/t18-,21+/m0/s1. The van der Waals surface area contributed by atoms with Gasteiger partial charge in [0, 0.05) is 56.9 Å². The molecule has 1 N–H and O–H groups in total. The number of aliphatic hydroxyl groups is 1. The molecular weight excluding hydrogens is 326 g/mol. The molecule has 1 aromatic carbocycles. The van der Waals surface area contributed by atoms with Crippen molar-refractivity contribution in [2.24, 2.45) is 17.3 Å². The molecule has 26 heavy (non-hydrogen) atoms. The second-order valence-electron chi connectivity index (χ2n) is 8.75. The molecule has 0 radical (unpaired) electrons. The molecule has 0 saturated carbocycles. The van der Waals surface area contributed by atoms with Crippen molar-refractivity contribution in [1.29, 1.82) is 0 Å². The molecule has 2 atom stereocenters. The van der Waals surface area contributed by atoms with E-state index in [9.17, 15) is 9.90 Å². The number of piperidine rings is 1. The maximum absolute atomic E-state index is 13.1. The van der Waals surface area contributed by atoms with Gasteiger partial charge in [0.1, 0.15) is 0 Å². The molecule has 2 fully saturated rings. The number of likely N-dealkylation sites (tertiary alicyclic amines) is 2. The maximum atomic E-state index is 13.1. The van der Waals surface area contributed by atoms with Crippen LogP contribution in [0.4, 0.5) is 5.69 Å². The molecule has 0 aliphatic carbocycles. The van der Waals surface area contributed by atoms with Crippen LogP contribution in [-0.4, -0.2) is 74.2 Å². The highest BCUT2D eigenvalue weighted by Crippen LogP contribution is 2.43. The molecule has 0 spiro atoms. The molecule has 1 amide bonds. The zero-order valence-corrected chi connectivity index (χ0v) is 16.6. The van der Waals surface area contributed by atoms with Crippen LogP contribution in [0.3, 0.4) is 0 Å². The monoisotopic (exact) mass is 359 g/mol. The number of carbonyl (C=O) groups excluding carboxylic acids is 1. The smallest absolute Gasteiger partial charge is 0.253 e. The Morgan fingerprint density at radius 2 is 2.12 bits per heavy atom. The van der Waals surface area contributed by atoms with Gasteiger partial charge in [-0.1, -0.05) is 19.9 Å². The molecule has 5 nitrogen and oxygen atoms in total. The fourth-order valence-electron chi connectivity index (χ4n) is 4.55. The first-order valence-corrected chi connectivity index (χ1v) is 9.74. The van der Waals surface area contributed by atoms with Crippen molar-refractivity contribution in [2.45, 2.75) is 20.3 Å². The van der Waals surface area contributed by atoms with Crippen molar-refractivity contribution < 1.29 is 9.90 Å². The van der Waals surface area contributed by atoms with Crippen molar-refractivity contribution in [1.82, 2.24) is 9.80 Å². The minimum Gasteiger partial charge on any atom is -0.396 e. The van der Waals surface area contributed by atoms with Crippen LogP contribution < -0.4 is 4.90 Å². The van der Waals surface area contributed by atoms with Crippen molar-refractivity contribution in [3.05, 3.63) is 29.8 Å². The van der Waals surface area contributed by atoms with Gasteiger partial charge in [-0.05, 0) is 43.0 Å². The van der Waals surface area contributed by atoms with Gasteiger partial charge < -0.3 is 19.8 Å². The van der Waals surface area contributed by atoms with E-state index in [1.165, 1.54) is 0 Å². The minimum atomic E-state index is -0.123. The maximum Gasteiger partial charge on any atom is 0.253 e. The van der Waals surface area contributed by atoms with E-state index < -0.39 is 0 Å². The summed E-state index contributed by atoms with van der Waals surface area (Å²) in [6.45, 7) is 9.19. The Hall–Kier alpha value is -1.59. The lowest BCUT2D eigenvalue weighted by atomic mass is 9.73. The molecule has 2 saturated heterocycles. The molecular formula is C21H33N3O2. The Bertz CT molecular complexity index is 646. The highest BCUT2D eigenvalue weighted by Gasteiger charge is 2.50. The molecule has 0 aromatic heterocycles. The van der Waals surface area contributed by atoms with E-state index in [0.29, 0.717) is 18.4 Å². The Morgan fingerprint density at radius 1 is 1.35 bits per heavy atom. The number of rotatable bonds is 5. The average Bonchev–Trinajstić information content (AvgIpc) is 3.00. The molecule has 2 aliphatic rings. The van der Waals surface area contributed by atoms with Crippen LogP contribution >= 0.6 is 0 Å². The second kappa shape index (κ2) is 7.57. The van der Waals surface area contributed by atoms with E-state index in [0.717, 1.165) is 43.9 Å². The number of fused-ring (bicyclic) bond motifs is 1. The largest absolute Gasteiger partial charge is 0.396 e. The molecule has 2 aliphatic heterocycles. The topological polar surface area (TPSA) is 47.0 Å². The van der Waals surface area contributed by atoms with Gasteiger partial charge in [0.25, 0.3) is 5.91 Å². The van der Waals surface area contributed by atoms with Crippen LogP contribution in [0.2, 0.25) is 0 Å². The highest BCUT2D eigenvalue weighted by molar-refractivity contribution is 5.95. The first-order valence-electron chi connectivity index (χ1n) is 9.74. The quantitative estimate of drug-likeness (QED) is 0.875. The van der Waals surface area contributed by atoms with Gasteiger partial charge in [-0.25, -0.2) is 0 Å². The number of benzene rings is 1. The fraction of sp³-hybridized carbons (Fsp3) is 0.667. The van der Waals surface area contributed by atoms with Crippen molar-refractivity contribution in [3.63, 3.8) is 0 Å². The van der Waals surface area contributed by atoms with Crippen LogP contribution in [0, 0.1) is 17.3 Å². The summed E-state index contributed by atoms with van der Waals surface area (Å²) in [6.07, 6.45) is 0.975. The summed E-state index contributed by atoms with van der Waals surface area (Å²) in [5.41, 5.74) is 1.65. The predicted molar refractivity (Wildman–Crippen MR) is 106 cm³/mol. The third-order valence-electron chi connectivity index (χ3n) is 6.05. The summed E-state index contributed by atoms with van der Waals surface area (Å²) in [5, 5.41) is 10.1. The summed E-state index contributed by atoms with van der Waals surface area (Å²) >= 11 is 0. The van der Waals surface area contributed by atoms with Gasteiger partial charge in [-0.3, -0.25) is 4.79 Å². The summed E-state index contributed by atoms with van der Waals surface area (Å²) in [4.78, 5) is 19.6. The average molecular weight is 360 g/mol. The number of hydrogen-bond acceptors (Lipinski definition) is 4. The molecule has 1 aromatic rings. The van der Waals surface area contributed by atoms with Crippen molar-refractivity contribution in [3.8, 4) is 0 Å². The molecule has 5 heteroatoms. The Balaban J connectivity index is 1.75. The van der Waals surface area contributed by atoms with Crippen LogP contribution in [0.25, 0.3) is 0 Å². The number of anilines is 1. The van der Waals surface area contributed by atoms with Crippen LogP contribution in [0.5, 0.6) is 0 Å². The third kappa shape index (κ3) is 3.74. The fourth-order valence-corrected chi connectivity index (χ4v) is 4.55. The van der Waals surface area contributed by atoms with Crippen molar-refractivity contribution >= 4 is 11.6 Å². The number of hydrogen-bond donors (Lipinski definition) is 1. The van der Waals surface area contributed by atoms with Crippen LogP contribution in [0.1, 0.15) is 30.6 Å². The number of amides is 1. The minimum absolute atomic E-state index is 0.0892. The van der Waals surface area contributed by atoms with Gasteiger partial charge in [-0.2, -0.15) is 0 Å². The second-order valence-corrected chi connectivity index (χ2v) is 8.75. The molecule has 2 heterocycles. The first kappa shape index (κ1) is 19.2. The number of aliphatic hydroxyl groups excluding tert-OH is 1. The molecule has 0 unspecified atom stereocenters. The van der Waals surface area contributed by atoms with Gasteiger partial charge in [0.15, 0.2) is 0 Å². The normalized spacial score (nSPS) is 26.2. The summed E-state index contributed by atoms with van der Waals surface area (Å²) < 4.78 is 0. The summed E-state index contributed by atoms with van der Waals surface area (Å²) in [6, 6.07) is 7.81. The first-order chi connectivity index (χ1) is 12.3. The lowest BCUT2D eigenvalue weighted by Gasteiger charge is -2.42. The summed E-state index contributed by atoms with van der Waals surface area (Å²) in [7, 11) is 3.97. The zero-order valence-electron chi connectivity index (χ0n) is 16.6. The Labute approximate surface area is 157 Å². The number of nitrogens with zero attached hydrogens (tertiary/aromatic N) is 3. The zero-order chi connectivity index (χ0) is 18.9. The SMILES string of the molecule is CC(C)CN1CC[C@]2(CO)CN(C(=O)c3cccc(N(C)C)c3)C[C@@H]2C1. The molecule has 0 bridgehead atoms. The third-order valence-corrected chi connectivity index (χ3v) is 6.05. The number of carbonyl (C=O) groups is 1. The van der Waals surface area contributed by atoms with E-state index in [1.54, 1.807) is 0 Å². The van der Waals surface area contributed by atoms with Gasteiger partial charge in [0.05, 0.1) is 6.61 Å². The van der Waals surface area contributed by atoms with Crippen LogP contribution in [-0.2, 0) is 0 Å². The molecule has 144 valence electrons. The lowest BCUT2D eigenvalue weighted by Crippen LogP contribution is -2.49. The van der Waals surface area contributed by atoms with Gasteiger partial charge in [-0.15, -0.1) is 0 Å². The van der Waals surface area contributed by atoms with Crippen LogP contribution in [0.15, 0.2) is 24.3 Å². The van der Waals surface area contributed by atoms with Crippen molar-refractivity contribution in [2.75, 3.05) is 58.3 Å².